The van der Waals surface area contributed by atoms with Crippen LogP contribution in [-0.4, -0.2) is 12.7 Å². The van der Waals surface area contributed by atoms with Gasteiger partial charge in [0.2, 0.25) is 0 Å². The number of rotatable bonds is 0. The summed E-state index contributed by atoms with van der Waals surface area (Å²) in [6, 6.07) is 0. The first kappa shape index (κ1) is 10.5. The van der Waals surface area contributed by atoms with Crippen molar-refractivity contribution >= 4 is 0 Å². The van der Waals surface area contributed by atoms with E-state index in [1.54, 1.807) is 0 Å². The van der Waals surface area contributed by atoms with Gasteiger partial charge in [0.1, 0.15) is 0 Å². The van der Waals surface area contributed by atoms with Gasteiger partial charge in [-0.2, -0.15) is 0 Å². The average molecular weight is 196 g/mol. The molecule has 1 heteroatoms. The maximum atomic E-state index is 6.02. The molecular formula is C13H24O. The zero-order valence-electron chi connectivity index (χ0n) is 9.88. The summed E-state index contributed by atoms with van der Waals surface area (Å²) in [6.45, 7) is 8.13. The highest BCUT2D eigenvalue weighted by atomic mass is 16.5. The van der Waals surface area contributed by atoms with Gasteiger partial charge in [-0.05, 0) is 42.9 Å². The third-order valence-electron chi connectivity index (χ3n) is 4.09. The predicted octanol–water partition coefficient (Wildman–Crippen LogP) is 3.63. The first-order valence-corrected chi connectivity index (χ1v) is 6.20. The molecule has 1 saturated heterocycles. The SMILES string of the molecule is CC(C)(C)C1CCCC2CCCOC21. The largest absolute Gasteiger partial charge is 0.378 e. The molecule has 0 aromatic carbocycles. The fourth-order valence-electron chi connectivity index (χ4n) is 3.31. The molecule has 2 rings (SSSR count). The molecule has 0 radical (unpaired) electrons. The minimum atomic E-state index is 0.431. The van der Waals surface area contributed by atoms with Crippen LogP contribution in [0.5, 0.6) is 0 Å². The molecule has 0 bridgehead atoms. The number of hydrogen-bond donors (Lipinski definition) is 0. The highest BCUT2D eigenvalue weighted by Gasteiger charge is 2.41. The second-order valence-electron chi connectivity index (χ2n) is 6.14. The second-order valence-corrected chi connectivity index (χ2v) is 6.14. The van der Waals surface area contributed by atoms with Crippen molar-refractivity contribution in [1.29, 1.82) is 0 Å². The molecule has 1 aliphatic heterocycles. The lowest BCUT2D eigenvalue weighted by molar-refractivity contribution is -0.107. The molecule has 3 atom stereocenters. The van der Waals surface area contributed by atoms with Gasteiger partial charge in [-0.3, -0.25) is 0 Å². The standard InChI is InChI=1S/C13H24O/c1-13(2,3)11-8-4-6-10-7-5-9-14-12(10)11/h10-12H,4-9H2,1-3H3. The zero-order chi connectivity index (χ0) is 10.2. The third-order valence-corrected chi connectivity index (χ3v) is 4.09. The normalized spacial score (nSPS) is 39.2. The van der Waals surface area contributed by atoms with Crippen LogP contribution in [0.15, 0.2) is 0 Å². The maximum Gasteiger partial charge on any atom is 0.0636 e. The van der Waals surface area contributed by atoms with Gasteiger partial charge < -0.3 is 4.74 Å². The molecule has 0 aromatic rings. The van der Waals surface area contributed by atoms with E-state index in [4.69, 9.17) is 4.74 Å². The molecular weight excluding hydrogens is 172 g/mol. The monoisotopic (exact) mass is 196 g/mol. The molecule has 1 nitrogen and oxygen atoms in total. The van der Waals surface area contributed by atoms with E-state index in [9.17, 15) is 0 Å². The first-order valence-electron chi connectivity index (χ1n) is 6.20. The smallest absolute Gasteiger partial charge is 0.0636 e. The Morgan fingerprint density at radius 3 is 2.43 bits per heavy atom. The summed E-state index contributed by atoms with van der Waals surface area (Å²) in [5.74, 6) is 1.67. The van der Waals surface area contributed by atoms with Crippen LogP contribution >= 0.6 is 0 Å². The summed E-state index contributed by atoms with van der Waals surface area (Å²) in [4.78, 5) is 0. The quantitative estimate of drug-likeness (QED) is 0.575. The topological polar surface area (TPSA) is 9.23 Å². The van der Waals surface area contributed by atoms with E-state index in [2.05, 4.69) is 20.8 Å². The Hall–Kier alpha value is -0.0400. The van der Waals surface area contributed by atoms with E-state index < -0.39 is 0 Å². The molecule has 14 heavy (non-hydrogen) atoms. The molecule has 1 saturated carbocycles. The van der Waals surface area contributed by atoms with E-state index in [-0.39, 0.29) is 0 Å². The lowest BCUT2D eigenvalue weighted by atomic mass is 9.66. The van der Waals surface area contributed by atoms with Crippen LogP contribution in [0, 0.1) is 17.3 Å². The molecule has 0 amide bonds. The molecule has 82 valence electrons. The van der Waals surface area contributed by atoms with Gasteiger partial charge in [0, 0.05) is 6.61 Å². The number of ether oxygens (including phenoxy) is 1. The summed E-state index contributed by atoms with van der Waals surface area (Å²) in [5.41, 5.74) is 0.431. The van der Waals surface area contributed by atoms with Crippen molar-refractivity contribution in [2.45, 2.75) is 59.0 Å². The Balaban J connectivity index is 2.09. The number of hydrogen-bond acceptors (Lipinski definition) is 1. The van der Waals surface area contributed by atoms with Crippen LogP contribution in [0.2, 0.25) is 0 Å². The summed E-state index contributed by atoms with van der Waals surface area (Å²) in [6.07, 6.45) is 7.50. The van der Waals surface area contributed by atoms with Gasteiger partial charge in [0.25, 0.3) is 0 Å². The molecule has 3 unspecified atom stereocenters. The first-order chi connectivity index (χ1) is 6.59. The van der Waals surface area contributed by atoms with Crippen molar-refractivity contribution < 1.29 is 4.74 Å². The van der Waals surface area contributed by atoms with Crippen LogP contribution in [0.25, 0.3) is 0 Å². The lowest BCUT2D eigenvalue weighted by Gasteiger charge is -2.46. The summed E-state index contributed by atoms with van der Waals surface area (Å²) in [7, 11) is 0. The van der Waals surface area contributed by atoms with Crippen molar-refractivity contribution in [2.24, 2.45) is 17.3 Å². The van der Waals surface area contributed by atoms with Gasteiger partial charge in [-0.25, -0.2) is 0 Å². The lowest BCUT2D eigenvalue weighted by Crippen LogP contribution is -2.44. The fraction of sp³-hybridized carbons (Fsp3) is 1.00. The Morgan fingerprint density at radius 1 is 1.00 bits per heavy atom. The minimum absolute atomic E-state index is 0.431. The van der Waals surface area contributed by atoms with Crippen LogP contribution in [0.4, 0.5) is 0 Å². The fourth-order valence-corrected chi connectivity index (χ4v) is 3.31. The van der Waals surface area contributed by atoms with E-state index in [1.807, 2.05) is 0 Å². The number of fused-ring (bicyclic) bond motifs is 1. The molecule has 0 N–H and O–H groups in total. The van der Waals surface area contributed by atoms with E-state index in [0.717, 1.165) is 18.4 Å². The van der Waals surface area contributed by atoms with E-state index >= 15 is 0 Å². The Labute approximate surface area is 88.2 Å². The molecule has 0 aromatic heterocycles. The van der Waals surface area contributed by atoms with Crippen molar-refractivity contribution in [2.75, 3.05) is 6.61 Å². The van der Waals surface area contributed by atoms with Gasteiger partial charge in [-0.15, -0.1) is 0 Å². The van der Waals surface area contributed by atoms with Gasteiger partial charge in [0.15, 0.2) is 0 Å². The van der Waals surface area contributed by atoms with Gasteiger partial charge in [-0.1, -0.05) is 27.2 Å². The Kier molecular flexibility index (Phi) is 2.88. The molecule has 2 aliphatic rings. The van der Waals surface area contributed by atoms with Crippen LogP contribution in [-0.2, 0) is 4.74 Å². The summed E-state index contributed by atoms with van der Waals surface area (Å²) < 4.78 is 6.02. The maximum absolute atomic E-state index is 6.02. The minimum Gasteiger partial charge on any atom is -0.378 e. The van der Waals surface area contributed by atoms with E-state index in [0.29, 0.717) is 11.5 Å². The van der Waals surface area contributed by atoms with Crippen LogP contribution in [0.1, 0.15) is 52.9 Å². The Bertz CT molecular complexity index is 190. The highest BCUT2D eigenvalue weighted by molar-refractivity contribution is 4.90. The molecule has 2 fully saturated rings. The summed E-state index contributed by atoms with van der Waals surface area (Å²) in [5, 5.41) is 0. The third kappa shape index (κ3) is 1.98. The molecule has 1 aliphatic carbocycles. The zero-order valence-corrected chi connectivity index (χ0v) is 9.88. The Morgan fingerprint density at radius 2 is 1.71 bits per heavy atom. The average Bonchev–Trinajstić information content (AvgIpc) is 2.15. The van der Waals surface area contributed by atoms with Crippen LogP contribution in [0.3, 0.4) is 0 Å². The van der Waals surface area contributed by atoms with Crippen molar-refractivity contribution in [1.82, 2.24) is 0 Å². The van der Waals surface area contributed by atoms with Gasteiger partial charge in [0.05, 0.1) is 6.10 Å². The van der Waals surface area contributed by atoms with Crippen LogP contribution < -0.4 is 0 Å². The summed E-state index contributed by atoms with van der Waals surface area (Å²) >= 11 is 0. The van der Waals surface area contributed by atoms with Gasteiger partial charge >= 0.3 is 0 Å². The van der Waals surface area contributed by atoms with Crippen molar-refractivity contribution in [3.05, 3.63) is 0 Å². The molecule has 0 spiro atoms. The van der Waals surface area contributed by atoms with Crippen molar-refractivity contribution in [3.8, 4) is 0 Å². The second kappa shape index (κ2) is 3.84. The molecule has 1 heterocycles. The predicted molar refractivity (Wildman–Crippen MR) is 59.3 cm³/mol. The van der Waals surface area contributed by atoms with Crippen molar-refractivity contribution in [3.63, 3.8) is 0 Å². The highest BCUT2D eigenvalue weighted by Crippen LogP contribution is 2.44. The van der Waals surface area contributed by atoms with E-state index in [1.165, 1.54) is 32.1 Å².